The Morgan fingerprint density at radius 1 is 1.30 bits per heavy atom. The van der Waals surface area contributed by atoms with Crippen LogP contribution < -0.4 is 10.6 Å². The third kappa shape index (κ3) is 3.04. The van der Waals surface area contributed by atoms with Gasteiger partial charge in [0, 0.05) is 24.6 Å². The average Bonchev–Trinajstić information content (AvgIpc) is 2.85. The number of halogens is 1. The minimum absolute atomic E-state index is 0. The molecule has 1 aromatic carbocycles. The van der Waals surface area contributed by atoms with Gasteiger partial charge in [-0.3, -0.25) is 14.8 Å². The van der Waals surface area contributed by atoms with Crippen molar-refractivity contribution >= 4 is 35.0 Å². The average molecular weight is 295 g/mol. The maximum Gasteiger partial charge on any atom is 0.241 e. The van der Waals surface area contributed by atoms with E-state index in [0.717, 1.165) is 11.0 Å². The number of nitrogens with one attached hydrogen (secondary N) is 2. The number of hydrogen-bond acceptors (Lipinski definition) is 5. The highest BCUT2D eigenvalue weighted by Crippen LogP contribution is 2.16. The van der Waals surface area contributed by atoms with Crippen LogP contribution in [0.4, 0.5) is 5.69 Å². The zero-order valence-corrected chi connectivity index (χ0v) is 11.4. The minimum atomic E-state index is -0.446. The number of anilines is 1. The summed E-state index contributed by atoms with van der Waals surface area (Å²) in [5.74, 6) is -0.139. The van der Waals surface area contributed by atoms with E-state index in [1.807, 2.05) is 6.07 Å². The van der Waals surface area contributed by atoms with Crippen LogP contribution >= 0.6 is 12.4 Å². The summed E-state index contributed by atoms with van der Waals surface area (Å²) in [5.41, 5.74) is 2.20. The number of carbonyl (C=O) groups excluding carboxylic acids is 1. The number of amides is 1. The van der Waals surface area contributed by atoms with Crippen molar-refractivity contribution in [2.24, 2.45) is 0 Å². The Bertz CT molecular complexity index is 622. The Kier molecular flexibility index (Phi) is 4.49. The molecule has 3 N–H and O–H groups in total. The highest BCUT2D eigenvalue weighted by Gasteiger charge is 2.27. The number of nitrogens with zero attached hydrogens (tertiary/aromatic N) is 2. The molecule has 0 spiro atoms. The second-order valence-electron chi connectivity index (χ2n) is 4.60. The van der Waals surface area contributed by atoms with Crippen molar-refractivity contribution in [1.29, 1.82) is 0 Å². The summed E-state index contributed by atoms with van der Waals surface area (Å²) in [4.78, 5) is 20.3. The van der Waals surface area contributed by atoms with Crippen molar-refractivity contribution in [2.45, 2.75) is 18.6 Å². The largest absolute Gasteiger partial charge is 0.392 e. The zero-order chi connectivity index (χ0) is 13.2. The number of aromatic nitrogens is 2. The lowest BCUT2D eigenvalue weighted by Gasteiger charge is -2.11. The number of aliphatic hydroxyl groups excluding tert-OH is 1. The molecule has 106 valence electrons. The molecule has 2 heterocycles. The number of fused-ring (bicyclic) bond motifs is 1. The highest BCUT2D eigenvalue weighted by atomic mass is 35.5. The van der Waals surface area contributed by atoms with Crippen LogP contribution in [0.25, 0.3) is 11.0 Å². The molecule has 7 heteroatoms. The van der Waals surface area contributed by atoms with E-state index >= 15 is 0 Å². The molecule has 1 aliphatic heterocycles. The molecular formula is C13H15ClN4O2. The predicted octanol–water partition coefficient (Wildman–Crippen LogP) is 0.713. The fraction of sp³-hybridized carbons (Fsp3) is 0.308. The van der Waals surface area contributed by atoms with Crippen LogP contribution in [-0.4, -0.2) is 39.7 Å². The van der Waals surface area contributed by atoms with Crippen LogP contribution in [0.2, 0.25) is 0 Å². The first kappa shape index (κ1) is 14.6. The van der Waals surface area contributed by atoms with Gasteiger partial charge in [0.25, 0.3) is 0 Å². The fourth-order valence-corrected chi connectivity index (χ4v) is 2.19. The van der Waals surface area contributed by atoms with Gasteiger partial charge in [0.1, 0.15) is 0 Å². The minimum Gasteiger partial charge on any atom is -0.392 e. The van der Waals surface area contributed by atoms with E-state index in [2.05, 4.69) is 20.6 Å². The smallest absolute Gasteiger partial charge is 0.241 e. The maximum atomic E-state index is 12.0. The van der Waals surface area contributed by atoms with Crippen molar-refractivity contribution < 1.29 is 9.90 Å². The molecule has 1 aliphatic rings. The Morgan fingerprint density at radius 3 is 2.75 bits per heavy atom. The summed E-state index contributed by atoms with van der Waals surface area (Å²) < 4.78 is 0. The molecule has 0 aliphatic carbocycles. The van der Waals surface area contributed by atoms with Crippen LogP contribution in [0.1, 0.15) is 6.42 Å². The normalized spacial score (nSPS) is 21.4. The summed E-state index contributed by atoms with van der Waals surface area (Å²) in [5, 5.41) is 15.2. The maximum absolute atomic E-state index is 12.0. The van der Waals surface area contributed by atoms with Gasteiger partial charge in [-0.1, -0.05) is 0 Å². The number of carbonyl (C=O) groups is 1. The van der Waals surface area contributed by atoms with E-state index in [1.165, 1.54) is 0 Å². The lowest BCUT2D eigenvalue weighted by molar-refractivity contribution is -0.117. The van der Waals surface area contributed by atoms with E-state index in [1.54, 1.807) is 24.5 Å². The fourth-order valence-electron chi connectivity index (χ4n) is 2.19. The molecule has 0 bridgehead atoms. The molecule has 1 aromatic heterocycles. The number of benzene rings is 1. The lowest BCUT2D eigenvalue weighted by Crippen LogP contribution is -2.35. The first-order valence-corrected chi connectivity index (χ1v) is 6.15. The van der Waals surface area contributed by atoms with Crippen molar-refractivity contribution in [3.8, 4) is 0 Å². The number of β-amino-alcohol motifs (C(OH)–C–C–N with tert-alkyl or cyclic N) is 1. The summed E-state index contributed by atoms with van der Waals surface area (Å²) >= 11 is 0. The standard InChI is InChI=1S/C13H14N4O2.ClH/c18-9-6-12(16-7-9)13(19)17-8-1-2-10-11(5-8)15-4-3-14-10;/h1-5,9,12,16,18H,6-7H2,(H,17,19);1H. The zero-order valence-electron chi connectivity index (χ0n) is 10.6. The molecule has 2 unspecified atom stereocenters. The molecule has 1 fully saturated rings. The van der Waals surface area contributed by atoms with Gasteiger partial charge < -0.3 is 15.7 Å². The lowest BCUT2D eigenvalue weighted by atomic mass is 10.2. The summed E-state index contributed by atoms with van der Waals surface area (Å²) in [6.45, 7) is 0.460. The summed E-state index contributed by atoms with van der Waals surface area (Å²) in [6.07, 6.45) is 3.24. The molecular weight excluding hydrogens is 280 g/mol. The Balaban J connectivity index is 0.00000147. The van der Waals surface area contributed by atoms with Crippen LogP contribution in [0.15, 0.2) is 30.6 Å². The molecule has 20 heavy (non-hydrogen) atoms. The first-order valence-electron chi connectivity index (χ1n) is 6.15. The van der Waals surface area contributed by atoms with E-state index in [9.17, 15) is 9.90 Å². The summed E-state index contributed by atoms with van der Waals surface area (Å²) in [6, 6.07) is 5.05. The number of hydrogen-bond donors (Lipinski definition) is 3. The Morgan fingerprint density at radius 2 is 2.05 bits per heavy atom. The molecule has 2 atom stereocenters. The number of aliphatic hydroxyl groups is 1. The molecule has 3 rings (SSSR count). The van der Waals surface area contributed by atoms with Gasteiger partial charge in [0.05, 0.1) is 23.2 Å². The quantitative estimate of drug-likeness (QED) is 0.759. The SMILES string of the molecule is Cl.O=C(Nc1ccc2nccnc2c1)C1CC(O)CN1. The third-order valence-electron chi connectivity index (χ3n) is 3.16. The molecule has 2 aromatic rings. The predicted molar refractivity (Wildman–Crippen MR) is 77.8 cm³/mol. The van der Waals surface area contributed by atoms with Crippen LogP contribution in [0.5, 0.6) is 0 Å². The van der Waals surface area contributed by atoms with Crippen LogP contribution in [0, 0.1) is 0 Å². The molecule has 6 nitrogen and oxygen atoms in total. The highest BCUT2D eigenvalue weighted by molar-refractivity contribution is 5.96. The molecule has 1 amide bonds. The Labute approximate surface area is 122 Å². The van der Waals surface area contributed by atoms with Gasteiger partial charge in [-0.15, -0.1) is 12.4 Å². The van der Waals surface area contributed by atoms with Crippen molar-refractivity contribution in [3.63, 3.8) is 0 Å². The monoisotopic (exact) mass is 294 g/mol. The van der Waals surface area contributed by atoms with Crippen molar-refractivity contribution in [3.05, 3.63) is 30.6 Å². The molecule has 1 saturated heterocycles. The Hall–Kier alpha value is -1.76. The van der Waals surface area contributed by atoms with Gasteiger partial charge in [0.15, 0.2) is 0 Å². The van der Waals surface area contributed by atoms with Crippen molar-refractivity contribution in [2.75, 3.05) is 11.9 Å². The van der Waals surface area contributed by atoms with Gasteiger partial charge in [-0.2, -0.15) is 0 Å². The van der Waals surface area contributed by atoms with E-state index in [0.29, 0.717) is 18.7 Å². The van der Waals surface area contributed by atoms with Crippen LogP contribution in [-0.2, 0) is 4.79 Å². The van der Waals surface area contributed by atoms with Gasteiger partial charge in [-0.25, -0.2) is 0 Å². The van der Waals surface area contributed by atoms with Gasteiger partial charge in [0.2, 0.25) is 5.91 Å². The molecule has 0 radical (unpaired) electrons. The van der Waals surface area contributed by atoms with E-state index in [-0.39, 0.29) is 24.4 Å². The van der Waals surface area contributed by atoms with Crippen LogP contribution in [0.3, 0.4) is 0 Å². The topological polar surface area (TPSA) is 87.1 Å². The summed E-state index contributed by atoms with van der Waals surface area (Å²) in [7, 11) is 0. The van der Waals surface area contributed by atoms with E-state index < -0.39 is 6.10 Å². The second kappa shape index (κ2) is 6.13. The molecule has 0 saturated carbocycles. The third-order valence-corrected chi connectivity index (χ3v) is 3.16. The van der Waals surface area contributed by atoms with Crippen molar-refractivity contribution in [1.82, 2.24) is 15.3 Å². The second-order valence-corrected chi connectivity index (χ2v) is 4.60. The number of rotatable bonds is 2. The van der Waals surface area contributed by atoms with Gasteiger partial charge >= 0.3 is 0 Å². The first-order chi connectivity index (χ1) is 9.22. The van der Waals surface area contributed by atoms with E-state index in [4.69, 9.17) is 0 Å². The van der Waals surface area contributed by atoms with Gasteiger partial charge in [-0.05, 0) is 24.6 Å².